The Bertz CT molecular complexity index is 194. The van der Waals surface area contributed by atoms with Crippen molar-refractivity contribution in [1.29, 1.82) is 0 Å². The van der Waals surface area contributed by atoms with E-state index in [2.05, 4.69) is 47.2 Å². The minimum Gasteiger partial charge on any atom is -0.0928 e. The van der Waals surface area contributed by atoms with Gasteiger partial charge in [-0.25, -0.2) is 0 Å². The lowest BCUT2D eigenvalue weighted by Gasteiger charge is -1.97. The summed E-state index contributed by atoms with van der Waals surface area (Å²) in [6.07, 6.45) is 23.9. The molecule has 0 unspecified atom stereocenters. The minimum atomic E-state index is 1.12. The molecule has 0 aromatic heterocycles. The first-order valence-corrected chi connectivity index (χ1v) is 8.90. The molecule has 0 atom stereocenters. The van der Waals surface area contributed by atoms with Gasteiger partial charge in [-0.05, 0) is 38.5 Å². The molecule has 0 aliphatic heterocycles. The third kappa shape index (κ3) is 16.0. The number of halogens is 1. The molecule has 0 bridgehead atoms. The van der Waals surface area contributed by atoms with Gasteiger partial charge < -0.3 is 0 Å². The average Bonchev–Trinajstić information content (AvgIpc) is 2.39. The standard InChI is InChI=1S/C17H31Br/c1-2-3-4-5-6-7-8-9-10-11-12-13-14-15-16-17-18/h6-7,9-10H,2-5,8,11-17H2,1H3/b7-6-,10-9-. The van der Waals surface area contributed by atoms with E-state index in [4.69, 9.17) is 0 Å². The van der Waals surface area contributed by atoms with Crippen LogP contribution in [0.4, 0.5) is 0 Å². The maximum absolute atomic E-state index is 3.47. The summed E-state index contributed by atoms with van der Waals surface area (Å²) >= 11 is 3.47. The van der Waals surface area contributed by atoms with E-state index in [9.17, 15) is 0 Å². The summed E-state index contributed by atoms with van der Waals surface area (Å²) in [6.45, 7) is 2.26. The highest BCUT2D eigenvalue weighted by atomic mass is 79.9. The highest BCUT2D eigenvalue weighted by Gasteiger charge is 1.88. The largest absolute Gasteiger partial charge is 0.0928 e. The lowest BCUT2D eigenvalue weighted by Crippen LogP contribution is -1.79. The first-order chi connectivity index (χ1) is 8.91. The van der Waals surface area contributed by atoms with Gasteiger partial charge in [0.2, 0.25) is 0 Å². The van der Waals surface area contributed by atoms with E-state index in [1.54, 1.807) is 0 Å². The Morgan fingerprint density at radius 1 is 0.667 bits per heavy atom. The number of rotatable bonds is 13. The van der Waals surface area contributed by atoms with Gasteiger partial charge in [0.25, 0.3) is 0 Å². The van der Waals surface area contributed by atoms with Crippen molar-refractivity contribution in [1.82, 2.24) is 0 Å². The molecule has 0 amide bonds. The first kappa shape index (κ1) is 18.0. The van der Waals surface area contributed by atoms with Gasteiger partial charge in [-0.1, -0.05) is 79.3 Å². The van der Waals surface area contributed by atoms with Crippen LogP contribution in [-0.2, 0) is 0 Å². The van der Waals surface area contributed by atoms with Crippen LogP contribution in [0.2, 0.25) is 0 Å². The molecule has 18 heavy (non-hydrogen) atoms. The fourth-order valence-electron chi connectivity index (χ4n) is 1.91. The summed E-state index contributed by atoms with van der Waals surface area (Å²) in [5.74, 6) is 0. The smallest absolute Gasteiger partial charge is 0.00313 e. The maximum Gasteiger partial charge on any atom is 0.00313 e. The summed E-state index contributed by atoms with van der Waals surface area (Å²) in [6, 6.07) is 0. The summed E-state index contributed by atoms with van der Waals surface area (Å²) in [4.78, 5) is 0. The molecule has 0 rings (SSSR count). The maximum atomic E-state index is 3.47. The van der Waals surface area contributed by atoms with E-state index < -0.39 is 0 Å². The molecule has 106 valence electrons. The molecule has 0 saturated heterocycles. The van der Waals surface area contributed by atoms with Crippen molar-refractivity contribution in [2.45, 2.75) is 77.6 Å². The molecule has 0 spiro atoms. The zero-order valence-electron chi connectivity index (χ0n) is 12.2. The van der Waals surface area contributed by atoms with Gasteiger partial charge >= 0.3 is 0 Å². The molecule has 0 aromatic rings. The number of unbranched alkanes of at least 4 members (excludes halogenated alkanes) is 8. The van der Waals surface area contributed by atoms with Gasteiger partial charge in [0.1, 0.15) is 0 Å². The van der Waals surface area contributed by atoms with Gasteiger partial charge in [0, 0.05) is 5.33 Å². The van der Waals surface area contributed by atoms with Crippen molar-refractivity contribution in [3.05, 3.63) is 24.3 Å². The molecule has 0 radical (unpaired) electrons. The Morgan fingerprint density at radius 2 is 1.22 bits per heavy atom. The predicted octanol–water partition coefficient (Wildman–Crippen LogP) is 6.80. The SMILES string of the molecule is CCCCC/C=C\C/C=C\CCCCCCCBr. The van der Waals surface area contributed by atoms with Crippen LogP contribution in [0.5, 0.6) is 0 Å². The third-order valence-corrected chi connectivity index (χ3v) is 3.64. The highest BCUT2D eigenvalue weighted by Crippen LogP contribution is 2.07. The number of alkyl halides is 1. The van der Waals surface area contributed by atoms with Crippen LogP contribution in [0.1, 0.15) is 77.6 Å². The first-order valence-electron chi connectivity index (χ1n) is 7.77. The van der Waals surface area contributed by atoms with Crippen LogP contribution in [0.3, 0.4) is 0 Å². The van der Waals surface area contributed by atoms with Crippen LogP contribution in [-0.4, -0.2) is 5.33 Å². The van der Waals surface area contributed by atoms with Crippen molar-refractivity contribution < 1.29 is 0 Å². The molecule has 0 fully saturated rings. The number of hydrogen-bond acceptors (Lipinski definition) is 0. The lowest BCUT2D eigenvalue weighted by molar-refractivity contribution is 0.641. The van der Waals surface area contributed by atoms with Crippen LogP contribution in [0.25, 0.3) is 0 Å². The Balaban J connectivity index is 3.13. The number of allylic oxidation sites excluding steroid dienone is 4. The zero-order valence-corrected chi connectivity index (χ0v) is 13.8. The fraction of sp³-hybridized carbons (Fsp3) is 0.765. The van der Waals surface area contributed by atoms with Crippen LogP contribution < -0.4 is 0 Å². The van der Waals surface area contributed by atoms with E-state index in [-0.39, 0.29) is 0 Å². The fourth-order valence-corrected chi connectivity index (χ4v) is 2.30. The molecule has 1 heteroatoms. The second kappa shape index (κ2) is 17.0. The van der Waals surface area contributed by atoms with E-state index in [0.717, 1.165) is 11.8 Å². The lowest BCUT2D eigenvalue weighted by atomic mass is 10.1. The van der Waals surface area contributed by atoms with Crippen LogP contribution in [0, 0.1) is 0 Å². The van der Waals surface area contributed by atoms with Gasteiger partial charge in [0.05, 0.1) is 0 Å². The second-order valence-corrected chi connectivity index (χ2v) is 5.71. The third-order valence-electron chi connectivity index (χ3n) is 3.08. The van der Waals surface area contributed by atoms with Gasteiger partial charge in [-0.3, -0.25) is 0 Å². The number of hydrogen-bond donors (Lipinski definition) is 0. The average molecular weight is 315 g/mol. The summed E-state index contributed by atoms with van der Waals surface area (Å²) in [5, 5.41) is 1.16. The molecule has 0 heterocycles. The van der Waals surface area contributed by atoms with Gasteiger partial charge in [-0.15, -0.1) is 0 Å². The van der Waals surface area contributed by atoms with Crippen molar-refractivity contribution >= 4 is 15.9 Å². The quantitative estimate of drug-likeness (QED) is 0.199. The molecule has 0 aromatic carbocycles. The summed E-state index contributed by atoms with van der Waals surface area (Å²) in [5.41, 5.74) is 0. The van der Waals surface area contributed by atoms with Crippen molar-refractivity contribution in [3.63, 3.8) is 0 Å². The van der Waals surface area contributed by atoms with Crippen LogP contribution >= 0.6 is 15.9 Å². The zero-order chi connectivity index (χ0) is 13.3. The molecule has 0 aliphatic rings. The Labute approximate surface area is 123 Å². The molecular formula is C17H31Br. The molecule has 0 aliphatic carbocycles. The highest BCUT2D eigenvalue weighted by molar-refractivity contribution is 9.09. The Kier molecular flexibility index (Phi) is 16.9. The topological polar surface area (TPSA) is 0 Å². The summed E-state index contributed by atoms with van der Waals surface area (Å²) < 4.78 is 0. The normalized spacial score (nSPS) is 11.9. The molecule has 0 saturated carbocycles. The van der Waals surface area contributed by atoms with Crippen molar-refractivity contribution in [2.24, 2.45) is 0 Å². The van der Waals surface area contributed by atoms with Gasteiger partial charge in [-0.2, -0.15) is 0 Å². The van der Waals surface area contributed by atoms with Gasteiger partial charge in [0.15, 0.2) is 0 Å². The van der Waals surface area contributed by atoms with E-state index >= 15 is 0 Å². The van der Waals surface area contributed by atoms with E-state index in [1.807, 2.05) is 0 Å². The molecule has 0 N–H and O–H groups in total. The Morgan fingerprint density at radius 3 is 1.83 bits per heavy atom. The second-order valence-electron chi connectivity index (χ2n) is 4.92. The molecule has 0 nitrogen and oxygen atoms in total. The summed E-state index contributed by atoms with van der Waals surface area (Å²) in [7, 11) is 0. The van der Waals surface area contributed by atoms with Crippen molar-refractivity contribution in [3.8, 4) is 0 Å². The predicted molar refractivity (Wildman–Crippen MR) is 88.5 cm³/mol. The van der Waals surface area contributed by atoms with E-state index in [0.29, 0.717) is 0 Å². The monoisotopic (exact) mass is 314 g/mol. The van der Waals surface area contributed by atoms with E-state index in [1.165, 1.54) is 64.2 Å². The van der Waals surface area contributed by atoms with Crippen LogP contribution in [0.15, 0.2) is 24.3 Å². The Hall–Kier alpha value is -0.0400. The molecular weight excluding hydrogens is 284 g/mol. The minimum absolute atomic E-state index is 1.12. The van der Waals surface area contributed by atoms with Crippen molar-refractivity contribution in [2.75, 3.05) is 5.33 Å².